The summed E-state index contributed by atoms with van der Waals surface area (Å²) in [5, 5.41) is 20.3. The van der Waals surface area contributed by atoms with Crippen LogP contribution in [0.4, 0.5) is 4.39 Å². The van der Waals surface area contributed by atoms with E-state index in [2.05, 4.69) is 0 Å². The molecule has 0 radical (unpaired) electrons. The van der Waals surface area contributed by atoms with Crippen LogP contribution in [-0.2, 0) is 14.9 Å². The highest BCUT2D eigenvalue weighted by Crippen LogP contribution is 2.51. The van der Waals surface area contributed by atoms with E-state index in [0.29, 0.717) is 50.8 Å². The topological polar surface area (TPSA) is 70.0 Å². The maximum absolute atomic E-state index is 14.2. The number of piperidine rings is 1. The van der Waals surface area contributed by atoms with E-state index in [1.165, 1.54) is 6.07 Å². The molecule has 1 spiro atoms. The van der Waals surface area contributed by atoms with Gasteiger partial charge < -0.3 is 19.8 Å². The molecule has 4 rings (SSSR count). The lowest BCUT2D eigenvalue weighted by Crippen LogP contribution is -2.60. The molecule has 1 aromatic rings. The van der Waals surface area contributed by atoms with Crippen LogP contribution in [-0.4, -0.2) is 58.0 Å². The lowest BCUT2D eigenvalue weighted by atomic mass is 9.76. The SMILES string of the molecule is C[C@]1(O)CC2(CCN(C(=O)C3(c4ccccc4F)CC3)CC2)OC[C@@H]1O. The Morgan fingerprint density at radius 2 is 1.88 bits per heavy atom. The third kappa shape index (κ3) is 2.84. The molecule has 2 atom stereocenters. The lowest BCUT2D eigenvalue weighted by molar-refractivity contribution is -0.223. The molecule has 2 heterocycles. The monoisotopic (exact) mass is 363 g/mol. The van der Waals surface area contributed by atoms with Crippen LogP contribution < -0.4 is 0 Å². The first kappa shape index (κ1) is 17.9. The number of nitrogens with zero attached hydrogens (tertiary/aromatic N) is 1. The van der Waals surface area contributed by atoms with Crippen molar-refractivity contribution in [2.24, 2.45) is 0 Å². The molecule has 142 valence electrons. The van der Waals surface area contributed by atoms with Crippen LogP contribution >= 0.6 is 0 Å². The standard InChI is InChI=1S/C20H26FNO4/c1-18(25)13-19(26-12-16(18)23)8-10-22(11-9-19)17(24)20(6-7-20)14-4-2-3-5-15(14)21/h2-5,16,23,25H,6-13H2,1H3/t16-,18-/m0/s1. The van der Waals surface area contributed by atoms with Gasteiger partial charge in [0.15, 0.2) is 0 Å². The van der Waals surface area contributed by atoms with E-state index >= 15 is 0 Å². The minimum Gasteiger partial charge on any atom is -0.388 e. The molecule has 0 bridgehead atoms. The van der Waals surface area contributed by atoms with Crippen molar-refractivity contribution in [3.8, 4) is 0 Å². The average molecular weight is 363 g/mol. The number of aliphatic hydroxyl groups is 2. The Kier molecular flexibility index (Phi) is 4.13. The molecule has 2 aliphatic heterocycles. The molecule has 3 fully saturated rings. The summed E-state index contributed by atoms with van der Waals surface area (Å²) < 4.78 is 20.1. The number of hydrogen-bond donors (Lipinski definition) is 2. The molecule has 1 aromatic carbocycles. The number of amides is 1. The molecular formula is C20H26FNO4. The highest BCUT2D eigenvalue weighted by atomic mass is 19.1. The van der Waals surface area contributed by atoms with Crippen LogP contribution in [0.1, 0.15) is 44.6 Å². The third-order valence-corrected chi connectivity index (χ3v) is 6.46. The second-order valence-corrected chi connectivity index (χ2v) is 8.40. The van der Waals surface area contributed by atoms with E-state index in [-0.39, 0.29) is 18.3 Å². The van der Waals surface area contributed by atoms with Gasteiger partial charge in [0, 0.05) is 25.1 Å². The van der Waals surface area contributed by atoms with Gasteiger partial charge in [-0.05, 0) is 38.7 Å². The Bertz CT molecular complexity index is 708. The highest BCUT2D eigenvalue weighted by Gasteiger charge is 2.56. The first-order valence-electron chi connectivity index (χ1n) is 9.37. The number of benzene rings is 1. The summed E-state index contributed by atoms with van der Waals surface area (Å²) >= 11 is 0. The summed E-state index contributed by atoms with van der Waals surface area (Å²) in [5.41, 5.74) is -1.86. The Morgan fingerprint density at radius 3 is 2.46 bits per heavy atom. The van der Waals surface area contributed by atoms with Crippen LogP contribution in [0.5, 0.6) is 0 Å². The van der Waals surface area contributed by atoms with Gasteiger partial charge in [-0.25, -0.2) is 4.39 Å². The van der Waals surface area contributed by atoms with Gasteiger partial charge in [0.25, 0.3) is 0 Å². The molecule has 2 N–H and O–H groups in total. The van der Waals surface area contributed by atoms with Gasteiger partial charge in [-0.15, -0.1) is 0 Å². The molecule has 1 aliphatic carbocycles. The van der Waals surface area contributed by atoms with Crippen LogP contribution in [0.25, 0.3) is 0 Å². The van der Waals surface area contributed by atoms with Crippen molar-refractivity contribution in [2.45, 2.75) is 61.7 Å². The number of halogens is 1. The molecule has 1 saturated carbocycles. The second-order valence-electron chi connectivity index (χ2n) is 8.40. The minimum atomic E-state index is -1.17. The van der Waals surface area contributed by atoms with Crippen molar-refractivity contribution in [1.82, 2.24) is 4.90 Å². The van der Waals surface area contributed by atoms with Gasteiger partial charge in [0.2, 0.25) is 5.91 Å². The minimum absolute atomic E-state index is 0.0000503. The maximum atomic E-state index is 14.2. The Balaban J connectivity index is 1.46. The second kappa shape index (κ2) is 6.01. The highest BCUT2D eigenvalue weighted by molar-refractivity contribution is 5.91. The van der Waals surface area contributed by atoms with Gasteiger partial charge in [-0.1, -0.05) is 18.2 Å². The summed E-state index contributed by atoms with van der Waals surface area (Å²) in [6.45, 7) is 2.80. The first-order chi connectivity index (χ1) is 12.3. The summed E-state index contributed by atoms with van der Waals surface area (Å²) in [6, 6.07) is 6.55. The number of carbonyl (C=O) groups is 1. The summed E-state index contributed by atoms with van der Waals surface area (Å²) in [7, 11) is 0. The van der Waals surface area contributed by atoms with E-state index in [1.807, 2.05) is 4.90 Å². The van der Waals surface area contributed by atoms with E-state index in [0.717, 1.165) is 0 Å². The molecule has 2 saturated heterocycles. The summed E-state index contributed by atoms with van der Waals surface area (Å²) in [4.78, 5) is 14.9. The zero-order valence-corrected chi connectivity index (χ0v) is 15.1. The quantitative estimate of drug-likeness (QED) is 0.840. The smallest absolute Gasteiger partial charge is 0.233 e. The van der Waals surface area contributed by atoms with Crippen LogP contribution in [0.15, 0.2) is 24.3 Å². The summed E-state index contributed by atoms with van der Waals surface area (Å²) in [5.74, 6) is -0.312. The number of likely N-dealkylation sites (tertiary alicyclic amines) is 1. The Morgan fingerprint density at radius 1 is 1.23 bits per heavy atom. The van der Waals surface area contributed by atoms with Crippen molar-refractivity contribution < 1.29 is 24.1 Å². The largest absolute Gasteiger partial charge is 0.388 e. The van der Waals surface area contributed by atoms with Crippen LogP contribution in [0.2, 0.25) is 0 Å². The number of aliphatic hydroxyl groups excluding tert-OH is 1. The van der Waals surface area contributed by atoms with Crippen molar-refractivity contribution in [3.63, 3.8) is 0 Å². The zero-order valence-electron chi connectivity index (χ0n) is 15.1. The van der Waals surface area contributed by atoms with Crippen molar-refractivity contribution in [3.05, 3.63) is 35.6 Å². The molecule has 0 unspecified atom stereocenters. The maximum Gasteiger partial charge on any atom is 0.233 e. The van der Waals surface area contributed by atoms with E-state index in [4.69, 9.17) is 4.74 Å². The van der Waals surface area contributed by atoms with Crippen LogP contribution in [0.3, 0.4) is 0 Å². The third-order valence-electron chi connectivity index (χ3n) is 6.46. The molecule has 1 amide bonds. The number of hydrogen-bond acceptors (Lipinski definition) is 4. The van der Waals surface area contributed by atoms with Crippen molar-refractivity contribution >= 4 is 5.91 Å². The van der Waals surface area contributed by atoms with E-state index < -0.39 is 22.7 Å². The molecule has 6 heteroatoms. The molecule has 3 aliphatic rings. The van der Waals surface area contributed by atoms with Crippen molar-refractivity contribution in [1.29, 1.82) is 0 Å². The van der Waals surface area contributed by atoms with Gasteiger partial charge in [0.05, 0.1) is 23.2 Å². The number of ether oxygens (including phenoxy) is 1. The molecular weight excluding hydrogens is 337 g/mol. The first-order valence-corrected chi connectivity index (χ1v) is 9.37. The molecule has 0 aromatic heterocycles. The fourth-order valence-corrected chi connectivity index (χ4v) is 4.57. The zero-order chi connectivity index (χ0) is 18.6. The Labute approximate surface area is 152 Å². The average Bonchev–Trinajstić information content (AvgIpc) is 3.40. The fraction of sp³-hybridized carbons (Fsp3) is 0.650. The fourth-order valence-electron chi connectivity index (χ4n) is 4.57. The molecule has 26 heavy (non-hydrogen) atoms. The summed E-state index contributed by atoms with van der Waals surface area (Å²) in [6.07, 6.45) is 2.09. The van der Waals surface area contributed by atoms with E-state index in [1.54, 1.807) is 25.1 Å². The van der Waals surface area contributed by atoms with E-state index in [9.17, 15) is 19.4 Å². The lowest BCUT2D eigenvalue weighted by Gasteiger charge is -2.50. The van der Waals surface area contributed by atoms with Gasteiger partial charge in [-0.3, -0.25) is 4.79 Å². The van der Waals surface area contributed by atoms with Crippen molar-refractivity contribution in [2.75, 3.05) is 19.7 Å². The normalized spacial score (nSPS) is 32.5. The number of rotatable bonds is 2. The van der Waals surface area contributed by atoms with Gasteiger partial charge in [0.1, 0.15) is 11.9 Å². The van der Waals surface area contributed by atoms with Crippen LogP contribution in [0, 0.1) is 5.82 Å². The van der Waals surface area contributed by atoms with Gasteiger partial charge in [-0.2, -0.15) is 0 Å². The Hall–Kier alpha value is -1.50. The predicted octanol–water partition coefficient (Wildman–Crippen LogP) is 1.75. The van der Waals surface area contributed by atoms with Gasteiger partial charge >= 0.3 is 0 Å². The molecule has 5 nitrogen and oxygen atoms in total. The number of carbonyl (C=O) groups excluding carboxylic acids is 1. The predicted molar refractivity (Wildman–Crippen MR) is 93.1 cm³/mol.